The van der Waals surface area contributed by atoms with E-state index in [1.54, 1.807) is 22.3 Å². The first-order chi connectivity index (χ1) is 15.6. The fourth-order valence-electron chi connectivity index (χ4n) is 4.95. The molecule has 10 heteroatoms. The molecular formula is C22H20F2N6OS. The van der Waals surface area contributed by atoms with Crippen molar-refractivity contribution in [2.24, 2.45) is 11.8 Å². The van der Waals surface area contributed by atoms with Gasteiger partial charge in [-0.2, -0.15) is 15.0 Å². The van der Waals surface area contributed by atoms with Gasteiger partial charge in [0.25, 0.3) is 5.91 Å². The van der Waals surface area contributed by atoms with Crippen LogP contribution < -0.4 is 4.90 Å². The van der Waals surface area contributed by atoms with E-state index in [-0.39, 0.29) is 23.7 Å². The number of carbonyl (C=O) groups is 1. The zero-order valence-electron chi connectivity index (χ0n) is 17.1. The van der Waals surface area contributed by atoms with Crippen LogP contribution in [0.25, 0.3) is 15.9 Å². The minimum absolute atomic E-state index is 0.0810. The SMILES string of the molecule is O=C(C1=C(F)CCC=C1n1nccn1)N1CC2CN(c3nc4cc(F)ccc4s3)CC2C1. The monoisotopic (exact) mass is 454 g/mol. The van der Waals surface area contributed by atoms with Crippen molar-refractivity contribution >= 4 is 38.3 Å². The predicted molar refractivity (Wildman–Crippen MR) is 117 cm³/mol. The van der Waals surface area contributed by atoms with E-state index in [1.807, 2.05) is 6.08 Å². The number of halogens is 2. The normalized spacial score (nSPS) is 23.2. The second-order valence-electron chi connectivity index (χ2n) is 8.47. The molecule has 3 aliphatic rings. The summed E-state index contributed by atoms with van der Waals surface area (Å²) in [7, 11) is 0. The second-order valence-corrected chi connectivity index (χ2v) is 9.48. The average molecular weight is 455 g/mol. The summed E-state index contributed by atoms with van der Waals surface area (Å²) >= 11 is 1.56. The molecule has 2 saturated heterocycles. The third-order valence-electron chi connectivity index (χ3n) is 6.46. The van der Waals surface area contributed by atoms with Crippen molar-refractivity contribution in [2.75, 3.05) is 31.1 Å². The molecule has 3 aromatic rings. The van der Waals surface area contributed by atoms with Crippen LogP contribution in [-0.4, -0.2) is 57.0 Å². The van der Waals surface area contributed by atoms with Crippen LogP contribution in [0.3, 0.4) is 0 Å². The molecule has 0 bridgehead atoms. The lowest BCUT2D eigenvalue weighted by Crippen LogP contribution is -2.35. The number of carbonyl (C=O) groups excluding carboxylic acids is 1. The molecule has 6 rings (SSSR count). The van der Waals surface area contributed by atoms with Gasteiger partial charge < -0.3 is 9.80 Å². The van der Waals surface area contributed by atoms with Crippen LogP contribution in [-0.2, 0) is 4.79 Å². The highest BCUT2D eigenvalue weighted by Crippen LogP contribution is 2.39. The maximum absolute atomic E-state index is 14.8. The van der Waals surface area contributed by atoms with E-state index in [2.05, 4.69) is 20.1 Å². The van der Waals surface area contributed by atoms with Gasteiger partial charge in [-0.25, -0.2) is 13.8 Å². The van der Waals surface area contributed by atoms with Crippen molar-refractivity contribution in [3.63, 3.8) is 0 Å². The number of fused-ring (bicyclic) bond motifs is 2. The molecule has 2 fully saturated rings. The molecule has 164 valence electrons. The number of nitrogens with zero attached hydrogens (tertiary/aromatic N) is 6. The molecule has 0 spiro atoms. The van der Waals surface area contributed by atoms with Crippen molar-refractivity contribution in [3.05, 3.63) is 53.9 Å². The van der Waals surface area contributed by atoms with Crippen LogP contribution in [0.1, 0.15) is 12.8 Å². The average Bonchev–Trinajstić information content (AvgIpc) is 3.55. The number of rotatable bonds is 3. The van der Waals surface area contributed by atoms with Gasteiger partial charge in [0, 0.05) is 50.5 Å². The Bertz CT molecular complexity index is 1250. The quantitative estimate of drug-likeness (QED) is 0.606. The summed E-state index contributed by atoms with van der Waals surface area (Å²) in [5.41, 5.74) is 1.17. The Morgan fingerprint density at radius 3 is 2.56 bits per heavy atom. The van der Waals surface area contributed by atoms with E-state index in [0.717, 1.165) is 22.9 Å². The molecule has 1 aliphatic carbocycles. The molecular weight excluding hydrogens is 434 g/mol. The zero-order valence-corrected chi connectivity index (χ0v) is 17.9. The van der Waals surface area contributed by atoms with Gasteiger partial charge in [0.1, 0.15) is 11.6 Å². The number of anilines is 1. The third-order valence-corrected chi connectivity index (χ3v) is 7.56. The van der Waals surface area contributed by atoms with Crippen LogP contribution >= 0.6 is 11.3 Å². The number of amides is 1. The fourth-order valence-corrected chi connectivity index (χ4v) is 5.91. The van der Waals surface area contributed by atoms with Crippen LogP contribution in [0.5, 0.6) is 0 Å². The predicted octanol–water partition coefficient (Wildman–Crippen LogP) is 3.48. The first kappa shape index (κ1) is 19.5. The van der Waals surface area contributed by atoms with Gasteiger partial charge in [-0.1, -0.05) is 17.4 Å². The molecule has 7 nitrogen and oxygen atoms in total. The molecule has 2 aromatic heterocycles. The van der Waals surface area contributed by atoms with Gasteiger partial charge >= 0.3 is 0 Å². The molecule has 4 heterocycles. The molecule has 1 amide bonds. The van der Waals surface area contributed by atoms with E-state index in [1.165, 1.54) is 29.3 Å². The van der Waals surface area contributed by atoms with E-state index in [0.29, 0.717) is 42.6 Å². The number of aromatic nitrogens is 4. The highest BCUT2D eigenvalue weighted by Gasteiger charge is 2.44. The minimum Gasteiger partial charge on any atom is -0.347 e. The molecule has 1 aromatic carbocycles. The molecule has 0 radical (unpaired) electrons. The Morgan fingerprint density at radius 2 is 1.81 bits per heavy atom. The summed E-state index contributed by atoms with van der Waals surface area (Å²) in [5.74, 6) is -0.382. The van der Waals surface area contributed by atoms with Crippen LogP contribution in [0, 0.1) is 17.7 Å². The van der Waals surface area contributed by atoms with Gasteiger partial charge in [0.05, 0.1) is 33.9 Å². The van der Waals surface area contributed by atoms with E-state index in [4.69, 9.17) is 0 Å². The summed E-state index contributed by atoms with van der Waals surface area (Å²) in [6.07, 6.45) is 5.59. The maximum atomic E-state index is 14.8. The zero-order chi connectivity index (χ0) is 21.8. The Labute approximate surface area is 186 Å². The lowest BCUT2D eigenvalue weighted by molar-refractivity contribution is -0.126. The number of likely N-dealkylation sites (tertiary alicyclic amines) is 1. The molecule has 2 atom stereocenters. The van der Waals surface area contributed by atoms with Crippen molar-refractivity contribution < 1.29 is 13.6 Å². The maximum Gasteiger partial charge on any atom is 0.258 e. The van der Waals surface area contributed by atoms with E-state index in [9.17, 15) is 13.6 Å². The molecule has 0 N–H and O–H groups in total. The lowest BCUT2D eigenvalue weighted by atomic mass is 10.0. The minimum atomic E-state index is -0.398. The standard InChI is InChI=1S/C22H20F2N6OS/c23-15-4-5-19-17(8-15)27-22(32-19)29-11-13-9-28(10-14(13)12-29)21(31)20-16(24)2-1-3-18(20)30-25-6-7-26-30/h3-8,13-14H,1-2,9-12H2. The number of hydrogen-bond donors (Lipinski definition) is 0. The van der Waals surface area contributed by atoms with Gasteiger partial charge in [0.15, 0.2) is 5.13 Å². The lowest BCUT2D eigenvalue weighted by Gasteiger charge is -2.24. The molecule has 2 aliphatic heterocycles. The Balaban J connectivity index is 1.18. The highest BCUT2D eigenvalue weighted by molar-refractivity contribution is 7.22. The van der Waals surface area contributed by atoms with Gasteiger partial charge in [-0.15, -0.1) is 0 Å². The summed E-state index contributed by atoms with van der Waals surface area (Å²) in [6.45, 7) is 2.72. The summed E-state index contributed by atoms with van der Waals surface area (Å²) in [5, 5.41) is 9.06. The number of thiazole rings is 1. The summed E-state index contributed by atoms with van der Waals surface area (Å²) in [6, 6.07) is 4.67. The van der Waals surface area contributed by atoms with E-state index < -0.39 is 5.83 Å². The smallest absolute Gasteiger partial charge is 0.258 e. The van der Waals surface area contributed by atoms with Crippen molar-refractivity contribution in [2.45, 2.75) is 12.8 Å². The Morgan fingerprint density at radius 1 is 1.06 bits per heavy atom. The Kier molecular flexibility index (Phi) is 4.56. The number of benzene rings is 1. The summed E-state index contributed by atoms with van der Waals surface area (Å²) in [4.78, 5) is 23.2. The van der Waals surface area contributed by atoms with Crippen LogP contribution in [0.2, 0.25) is 0 Å². The van der Waals surface area contributed by atoms with E-state index >= 15 is 0 Å². The largest absolute Gasteiger partial charge is 0.347 e. The number of hydrogen-bond acceptors (Lipinski definition) is 6. The van der Waals surface area contributed by atoms with Gasteiger partial charge in [-0.05, 0) is 18.6 Å². The molecule has 32 heavy (non-hydrogen) atoms. The van der Waals surface area contributed by atoms with Crippen molar-refractivity contribution in [1.29, 1.82) is 0 Å². The van der Waals surface area contributed by atoms with Gasteiger partial charge in [0.2, 0.25) is 0 Å². The van der Waals surface area contributed by atoms with Gasteiger partial charge in [-0.3, -0.25) is 4.79 Å². The summed E-state index contributed by atoms with van der Waals surface area (Å²) < 4.78 is 29.2. The highest BCUT2D eigenvalue weighted by atomic mass is 32.1. The Hall–Kier alpha value is -3.14. The second kappa shape index (κ2) is 7.47. The van der Waals surface area contributed by atoms with Crippen molar-refractivity contribution in [3.8, 4) is 0 Å². The van der Waals surface area contributed by atoms with Crippen LogP contribution in [0.4, 0.5) is 13.9 Å². The third kappa shape index (κ3) is 3.21. The number of allylic oxidation sites excluding steroid dienone is 2. The first-order valence-electron chi connectivity index (χ1n) is 10.6. The molecule has 0 saturated carbocycles. The van der Waals surface area contributed by atoms with Crippen LogP contribution in [0.15, 0.2) is 48.1 Å². The first-order valence-corrected chi connectivity index (χ1v) is 11.4. The molecule has 2 unspecified atom stereocenters. The fraction of sp³-hybridized carbons (Fsp3) is 0.364. The topological polar surface area (TPSA) is 67.2 Å². The van der Waals surface area contributed by atoms with Crippen molar-refractivity contribution in [1.82, 2.24) is 24.9 Å².